The van der Waals surface area contributed by atoms with Gasteiger partial charge in [0.15, 0.2) is 0 Å². The summed E-state index contributed by atoms with van der Waals surface area (Å²) in [6.45, 7) is 0.704. The molecule has 1 aliphatic rings. The number of amides is 1. The third-order valence-corrected chi connectivity index (χ3v) is 6.40. The third kappa shape index (κ3) is 3.94. The lowest BCUT2D eigenvalue weighted by Crippen LogP contribution is -2.40. The van der Waals surface area contributed by atoms with Crippen molar-refractivity contribution in [2.24, 2.45) is 0 Å². The van der Waals surface area contributed by atoms with Crippen LogP contribution in [-0.4, -0.2) is 32.3 Å². The quantitative estimate of drug-likeness (QED) is 0.454. The Morgan fingerprint density at radius 1 is 1.16 bits per heavy atom. The highest BCUT2D eigenvalue weighted by molar-refractivity contribution is 6.30. The minimum absolute atomic E-state index is 0.0960. The number of carbonyl (C=O) groups is 1. The van der Waals surface area contributed by atoms with Crippen LogP contribution in [0.5, 0.6) is 0 Å². The second-order valence-electron chi connectivity index (χ2n) is 8.17. The van der Waals surface area contributed by atoms with Gasteiger partial charge in [-0.25, -0.2) is 9.97 Å². The first-order valence-corrected chi connectivity index (χ1v) is 11.2. The summed E-state index contributed by atoms with van der Waals surface area (Å²) >= 11 is 6.08. The molecular formula is C25H24ClN5O. The number of nitrogens with zero attached hydrogens (tertiary/aromatic N) is 3. The number of nitrogen functional groups attached to an aromatic ring is 1. The molecule has 32 heavy (non-hydrogen) atoms. The summed E-state index contributed by atoms with van der Waals surface area (Å²) < 4.78 is 0. The number of likely N-dealkylation sites (tertiary alicyclic amines) is 1. The molecule has 0 spiro atoms. The van der Waals surface area contributed by atoms with Gasteiger partial charge in [-0.15, -0.1) is 0 Å². The van der Waals surface area contributed by atoms with Crippen molar-refractivity contribution in [3.63, 3.8) is 0 Å². The van der Waals surface area contributed by atoms with Crippen LogP contribution in [0.1, 0.15) is 36.6 Å². The predicted octanol–water partition coefficient (Wildman–Crippen LogP) is 5.16. The Bertz CT molecular complexity index is 1270. The van der Waals surface area contributed by atoms with Crippen LogP contribution >= 0.6 is 11.6 Å². The number of halogens is 1. The van der Waals surface area contributed by atoms with Gasteiger partial charge in [-0.2, -0.15) is 0 Å². The molecule has 2 aromatic carbocycles. The first kappa shape index (κ1) is 20.5. The molecule has 1 fully saturated rings. The first-order valence-electron chi connectivity index (χ1n) is 10.8. The molecule has 0 unspecified atom stereocenters. The van der Waals surface area contributed by atoms with Gasteiger partial charge in [-0.1, -0.05) is 41.9 Å². The fourth-order valence-electron chi connectivity index (χ4n) is 4.57. The highest BCUT2D eigenvalue weighted by Gasteiger charge is 2.31. The number of fused-ring (bicyclic) bond motifs is 1. The smallest absolute Gasteiger partial charge is 0.227 e. The number of rotatable bonds is 4. The van der Waals surface area contributed by atoms with Crippen LogP contribution in [0, 0.1) is 0 Å². The van der Waals surface area contributed by atoms with E-state index in [2.05, 4.69) is 15.0 Å². The zero-order valence-corrected chi connectivity index (χ0v) is 18.3. The summed E-state index contributed by atoms with van der Waals surface area (Å²) in [4.78, 5) is 27.6. The van der Waals surface area contributed by atoms with E-state index in [0.29, 0.717) is 18.0 Å². The van der Waals surface area contributed by atoms with Crippen LogP contribution in [0.15, 0.2) is 60.9 Å². The molecule has 1 aliphatic heterocycles. The number of piperidine rings is 1. The van der Waals surface area contributed by atoms with E-state index in [9.17, 15) is 4.79 Å². The topological polar surface area (TPSA) is 87.9 Å². The average molecular weight is 446 g/mol. The van der Waals surface area contributed by atoms with E-state index >= 15 is 0 Å². The highest BCUT2D eigenvalue weighted by Crippen LogP contribution is 2.36. The minimum Gasteiger partial charge on any atom is -0.368 e. The second-order valence-corrected chi connectivity index (χ2v) is 8.61. The van der Waals surface area contributed by atoms with Crippen molar-refractivity contribution in [3.05, 3.63) is 77.2 Å². The maximum atomic E-state index is 13.5. The molecule has 0 radical (unpaired) electrons. The van der Waals surface area contributed by atoms with Crippen LogP contribution in [0.3, 0.4) is 0 Å². The van der Waals surface area contributed by atoms with Crippen molar-refractivity contribution in [1.82, 2.24) is 19.9 Å². The molecule has 5 rings (SSSR count). The van der Waals surface area contributed by atoms with Gasteiger partial charge in [-0.3, -0.25) is 4.79 Å². The zero-order chi connectivity index (χ0) is 22.1. The summed E-state index contributed by atoms with van der Waals surface area (Å²) in [5, 5.41) is 1.75. The molecule has 0 aliphatic carbocycles. The molecule has 0 saturated carbocycles. The van der Waals surface area contributed by atoms with E-state index in [1.165, 1.54) is 0 Å². The van der Waals surface area contributed by atoms with Gasteiger partial charge in [0.1, 0.15) is 0 Å². The Hall–Kier alpha value is -3.38. The summed E-state index contributed by atoms with van der Waals surface area (Å²) in [5.74, 6) is 0.311. The minimum atomic E-state index is -0.141. The monoisotopic (exact) mass is 445 g/mol. The van der Waals surface area contributed by atoms with Crippen LogP contribution in [0.25, 0.3) is 22.0 Å². The molecule has 3 N–H and O–H groups in total. The Kier molecular flexibility index (Phi) is 5.53. The molecule has 4 aromatic rings. The van der Waals surface area contributed by atoms with E-state index in [-0.39, 0.29) is 17.9 Å². The largest absolute Gasteiger partial charge is 0.368 e. The molecule has 162 valence electrons. The lowest BCUT2D eigenvalue weighted by molar-refractivity contribution is -0.134. The highest BCUT2D eigenvalue weighted by atomic mass is 35.5. The maximum Gasteiger partial charge on any atom is 0.227 e. The van der Waals surface area contributed by atoms with Crippen molar-refractivity contribution in [1.29, 1.82) is 0 Å². The van der Waals surface area contributed by atoms with Gasteiger partial charge < -0.3 is 15.6 Å². The molecule has 1 amide bonds. The fraction of sp³-hybridized carbons (Fsp3) is 0.240. The summed E-state index contributed by atoms with van der Waals surface area (Å²) in [6.07, 6.45) is 6.88. The number of aromatic nitrogens is 3. The average Bonchev–Trinajstić information content (AvgIpc) is 3.22. The Morgan fingerprint density at radius 3 is 2.81 bits per heavy atom. The molecule has 2 aromatic heterocycles. The van der Waals surface area contributed by atoms with Gasteiger partial charge in [0, 0.05) is 40.4 Å². The van der Waals surface area contributed by atoms with E-state index in [0.717, 1.165) is 52.5 Å². The van der Waals surface area contributed by atoms with Crippen LogP contribution in [0.2, 0.25) is 5.02 Å². The van der Waals surface area contributed by atoms with Crippen molar-refractivity contribution in [3.8, 4) is 11.1 Å². The van der Waals surface area contributed by atoms with Crippen molar-refractivity contribution >= 4 is 34.4 Å². The summed E-state index contributed by atoms with van der Waals surface area (Å²) in [5.41, 5.74) is 10.7. The number of para-hydroxylation sites is 1. The molecule has 1 atom stereocenters. The SMILES string of the molecule is Nc1ncc(-c2ccc(Cl)cc2)c([C@@H]2CCCCN2C(=O)Cc2c[nH]c3ccccc23)n1. The van der Waals surface area contributed by atoms with Gasteiger partial charge in [-0.05, 0) is 48.6 Å². The normalized spacial score (nSPS) is 16.4. The van der Waals surface area contributed by atoms with Crippen LogP contribution in [-0.2, 0) is 11.2 Å². The third-order valence-electron chi connectivity index (χ3n) is 6.15. The van der Waals surface area contributed by atoms with E-state index in [4.69, 9.17) is 17.3 Å². The number of benzene rings is 2. The number of nitrogens with two attached hydrogens (primary N) is 1. The summed E-state index contributed by atoms with van der Waals surface area (Å²) in [6, 6.07) is 15.5. The molecule has 0 bridgehead atoms. The molecule has 1 saturated heterocycles. The number of aromatic amines is 1. The van der Waals surface area contributed by atoms with E-state index in [1.54, 1.807) is 6.20 Å². The number of H-pyrrole nitrogens is 1. The number of carbonyl (C=O) groups excluding carboxylic acids is 1. The van der Waals surface area contributed by atoms with Crippen LogP contribution in [0.4, 0.5) is 5.95 Å². The second kappa shape index (κ2) is 8.63. The van der Waals surface area contributed by atoms with Crippen LogP contribution < -0.4 is 5.73 Å². The lowest BCUT2D eigenvalue weighted by atomic mass is 9.93. The maximum absolute atomic E-state index is 13.5. The Labute approximate surface area is 191 Å². The number of hydrogen-bond donors (Lipinski definition) is 2. The molecular weight excluding hydrogens is 422 g/mol. The Balaban J connectivity index is 1.49. The van der Waals surface area contributed by atoms with Gasteiger partial charge >= 0.3 is 0 Å². The molecule has 6 nitrogen and oxygen atoms in total. The zero-order valence-electron chi connectivity index (χ0n) is 17.6. The van der Waals surface area contributed by atoms with Gasteiger partial charge in [0.05, 0.1) is 18.2 Å². The summed E-state index contributed by atoms with van der Waals surface area (Å²) in [7, 11) is 0. The van der Waals surface area contributed by atoms with E-state index in [1.807, 2.05) is 59.6 Å². The van der Waals surface area contributed by atoms with Gasteiger partial charge in [0.25, 0.3) is 0 Å². The predicted molar refractivity (Wildman–Crippen MR) is 127 cm³/mol. The number of nitrogens with one attached hydrogen (secondary N) is 1. The standard InChI is InChI=1S/C25H24ClN5O/c26-18-10-8-16(9-11-18)20-15-29-25(27)30-24(20)22-7-3-4-12-31(22)23(32)13-17-14-28-21-6-2-1-5-19(17)21/h1-2,5-6,8-11,14-15,22,28H,3-4,7,12-13H2,(H2,27,29,30)/t22-/m0/s1. The first-order chi connectivity index (χ1) is 15.6. The number of hydrogen-bond acceptors (Lipinski definition) is 4. The van der Waals surface area contributed by atoms with Gasteiger partial charge in [0.2, 0.25) is 11.9 Å². The lowest BCUT2D eigenvalue weighted by Gasteiger charge is -2.36. The van der Waals surface area contributed by atoms with Crippen molar-refractivity contribution in [2.75, 3.05) is 12.3 Å². The number of anilines is 1. The fourth-order valence-corrected chi connectivity index (χ4v) is 4.70. The molecule has 7 heteroatoms. The Morgan fingerprint density at radius 2 is 1.97 bits per heavy atom. The molecule has 3 heterocycles. The van der Waals surface area contributed by atoms with Crippen molar-refractivity contribution < 1.29 is 4.79 Å². The van der Waals surface area contributed by atoms with Crippen molar-refractivity contribution in [2.45, 2.75) is 31.7 Å². The van der Waals surface area contributed by atoms with E-state index < -0.39 is 0 Å².